The number of aromatic nitrogens is 1. The third kappa shape index (κ3) is 6.82. The highest BCUT2D eigenvalue weighted by molar-refractivity contribution is 7.13. The van der Waals surface area contributed by atoms with Gasteiger partial charge >= 0.3 is 11.9 Å². The van der Waals surface area contributed by atoms with Crippen molar-refractivity contribution in [2.45, 2.75) is 26.7 Å². The Hall–Kier alpha value is -2.74. The monoisotopic (exact) mass is 390 g/mol. The molecule has 2 aromatic rings. The first-order chi connectivity index (χ1) is 13.0. The van der Waals surface area contributed by atoms with Crippen molar-refractivity contribution >= 4 is 29.2 Å². The number of esters is 2. The Balaban J connectivity index is 1.73. The molecule has 0 saturated carbocycles. The summed E-state index contributed by atoms with van der Waals surface area (Å²) in [6, 6.07) is 7.82. The van der Waals surface area contributed by atoms with Gasteiger partial charge < -0.3 is 14.8 Å². The number of hydrogen-bond donors (Lipinski definition) is 1. The molecule has 1 heterocycles. The smallest absolute Gasteiger partial charge is 0.358 e. The van der Waals surface area contributed by atoms with Crippen LogP contribution in [-0.2, 0) is 19.1 Å². The molecule has 0 radical (unpaired) electrons. The Labute approximate surface area is 161 Å². The van der Waals surface area contributed by atoms with E-state index in [1.54, 1.807) is 12.3 Å². The molecule has 1 aromatic carbocycles. The second kappa shape index (κ2) is 10.4. The second-order valence-corrected chi connectivity index (χ2v) is 6.60. The van der Waals surface area contributed by atoms with E-state index in [9.17, 15) is 14.4 Å². The van der Waals surface area contributed by atoms with Crippen molar-refractivity contribution in [1.82, 2.24) is 10.3 Å². The Bertz CT molecular complexity index is 786. The standard InChI is InChI=1S/C19H22N2O5S/c1-3-25-17(23)5-4-10-20-16(22)11-26-19(24)15-12-27-18(21-15)14-8-6-13(2)7-9-14/h6-9,12H,3-5,10-11H2,1-2H3,(H,20,22). The molecule has 1 amide bonds. The number of nitrogens with one attached hydrogen (secondary N) is 1. The van der Waals surface area contributed by atoms with E-state index >= 15 is 0 Å². The van der Waals surface area contributed by atoms with E-state index < -0.39 is 18.5 Å². The van der Waals surface area contributed by atoms with Crippen LogP contribution in [0.2, 0.25) is 0 Å². The maximum atomic E-state index is 12.0. The van der Waals surface area contributed by atoms with Gasteiger partial charge in [-0.05, 0) is 20.3 Å². The number of carbonyl (C=O) groups excluding carboxylic acids is 3. The largest absolute Gasteiger partial charge is 0.466 e. The van der Waals surface area contributed by atoms with Gasteiger partial charge in [0.1, 0.15) is 5.01 Å². The van der Waals surface area contributed by atoms with Crippen LogP contribution >= 0.6 is 11.3 Å². The molecule has 0 spiro atoms. The molecule has 27 heavy (non-hydrogen) atoms. The third-order valence-corrected chi connectivity index (χ3v) is 4.42. The molecular formula is C19H22N2O5S. The summed E-state index contributed by atoms with van der Waals surface area (Å²) in [6.07, 6.45) is 0.693. The van der Waals surface area contributed by atoms with Crippen molar-refractivity contribution in [3.63, 3.8) is 0 Å². The van der Waals surface area contributed by atoms with Gasteiger partial charge in [-0.2, -0.15) is 0 Å². The number of aryl methyl sites for hydroxylation is 1. The average Bonchev–Trinajstić information content (AvgIpc) is 3.14. The second-order valence-electron chi connectivity index (χ2n) is 5.74. The first kappa shape index (κ1) is 20.6. The molecule has 0 saturated heterocycles. The van der Waals surface area contributed by atoms with Crippen LogP contribution in [-0.4, -0.2) is 42.6 Å². The fourth-order valence-electron chi connectivity index (χ4n) is 2.15. The van der Waals surface area contributed by atoms with Crippen molar-refractivity contribution < 1.29 is 23.9 Å². The molecular weight excluding hydrogens is 368 g/mol. The van der Waals surface area contributed by atoms with Gasteiger partial charge in [-0.15, -0.1) is 11.3 Å². The summed E-state index contributed by atoms with van der Waals surface area (Å²) >= 11 is 1.34. The molecule has 8 heteroatoms. The zero-order chi connectivity index (χ0) is 19.6. The lowest BCUT2D eigenvalue weighted by atomic mass is 10.2. The zero-order valence-corrected chi connectivity index (χ0v) is 16.1. The van der Waals surface area contributed by atoms with Crippen LogP contribution in [0.25, 0.3) is 10.6 Å². The van der Waals surface area contributed by atoms with E-state index in [4.69, 9.17) is 9.47 Å². The summed E-state index contributed by atoms with van der Waals surface area (Å²) < 4.78 is 9.77. The van der Waals surface area contributed by atoms with Gasteiger partial charge in [-0.1, -0.05) is 29.8 Å². The molecule has 144 valence electrons. The van der Waals surface area contributed by atoms with E-state index in [-0.39, 0.29) is 18.1 Å². The fourth-order valence-corrected chi connectivity index (χ4v) is 2.94. The van der Waals surface area contributed by atoms with E-state index in [1.165, 1.54) is 11.3 Å². The lowest BCUT2D eigenvalue weighted by molar-refractivity contribution is -0.143. The van der Waals surface area contributed by atoms with Crippen LogP contribution in [0.4, 0.5) is 0 Å². The summed E-state index contributed by atoms with van der Waals surface area (Å²) in [5.41, 5.74) is 2.23. The molecule has 0 aliphatic carbocycles. The van der Waals surface area contributed by atoms with Crippen LogP contribution in [0.1, 0.15) is 35.8 Å². The van der Waals surface area contributed by atoms with E-state index in [0.717, 1.165) is 11.1 Å². The summed E-state index contributed by atoms with van der Waals surface area (Å²) in [7, 11) is 0. The Morgan fingerprint density at radius 3 is 2.59 bits per heavy atom. The van der Waals surface area contributed by atoms with Gasteiger partial charge in [0.15, 0.2) is 12.3 Å². The number of rotatable bonds is 9. The lowest BCUT2D eigenvalue weighted by Crippen LogP contribution is -2.30. The quantitative estimate of drug-likeness (QED) is 0.523. The molecule has 0 fully saturated rings. The van der Waals surface area contributed by atoms with Crippen molar-refractivity contribution in [2.24, 2.45) is 0 Å². The highest BCUT2D eigenvalue weighted by Crippen LogP contribution is 2.24. The zero-order valence-electron chi connectivity index (χ0n) is 15.3. The summed E-state index contributed by atoms with van der Waals surface area (Å²) in [6.45, 7) is 3.99. The van der Waals surface area contributed by atoms with Gasteiger partial charge in [0.2, 0.25) is 0 Å². The van der Waals surface area contributed by atoms with Gasteiger partial charge in [0, 0.05) is 23.9 Å². The lowest BCUT2D eigenvalue weighted by Gasteiger charge is -2.05. The number of amides is 1. The minimum Gasteiger partial charge on any atom is -0.466 e. The van der Waals surface area contributed by atoms with Crippen LogP contribution in [0, 0.1) is 6.92 Å². The Kier molecular flexibility index (Phi) is 7.94. The van der Waals surface area contributed by atoms with Crippen LogP contribution in [0.3, 0.4) is 0 Å². The van der Waals surface area contributed by atoms with E-state index in [2.05, 4.69) is 10.3 Å². The predicted molar refractivity (Wildman–Crippen MR) is 101 cm³/mol. The van der Waals surface area contributed by atoms with Gasteiger partial charge in [0.05, 0.1) is 6.61 Å². The number of nitrogens with zero attached hydrogens (tertiary/aromatic N) is 1. The maximum absolute atomic E-state index is 12.0. The normalized spacial score (nSPS) is 10.3. The number of carbonyl (C=O) groups is 3. The molecule has 2 rings (SSSR count). The van der Waals surface area contributed by atoms with E-state index in [0.29, 0.717) is 24.6 Å². The minimum absolute atomic E-state index is 0.172. The first-order valence-corrected chi connectivity index (χ1v) is 9.49. The van der Waals surface area contributed by atoms with Crippen molar-refractivity contribution in [3.8, 4) is 10.6 Å². The topological polar surface area (TPSA) is 94.6 Å². The molecule has 1 aromatic heterocycles. The van der Waals surface area contributed by atoms with Crippen molar-refractivity contribution in [3.05, 3.63) is 40.9 Å². The summed E-state index contributed by atoms with van der Waals surface area (Å²) in [5.74, 6) is -1.38. The number of benzene rings is 1. The van der Waals surface area contributed by atoms with Gasteiger partial charge in [0.25, 0.3) is 5.91 Å². The van der Waals surface area contributed by atoms with E-state index in [1.807, 2.05) is 31.2 Å². The van der Waals surface area contributed by atoms with Crippen molar-refractivity contribution in [1.29, 1.82) is 0 Å². The summed E-state index contributed by atoms with van der Waals surface area (Å²) in [4.78, 5) is 39.1. The van der Waals surface area contributed by atoms with Gasteiger partial charge in [-0.3, -0.25) is 9.59 Å². The highest BCUT2D eigenvalue weighted by atomic mass is 32.1. The number of thiazole rings is 1. The molecule has 1 N–H and O–H groups in total. The third-order valence-electron chi connectivity index (χ3n) is 3.53. The van der Waals surface area contributed by atoms with Gasteiger partial charge in [-0.25, -0.2) is 9.78 Å². The van der Waals surface area contributed by atoms with Crippen LogP contribution in [0.5, 0.6) is 0 Å². The Morgan fingerprint density at radius 2 is 1.89 bits per heavy atom. The molecule has 7 nitrogen and oxygen atoms in total. The highest BCUT2D eigenvalue weighted by Gasteiger charge is 2.15. The molecule has 0 aliphatic heterocycles. The maximum Gasteiger partial charge on any atom is 0.358 e. The first-order valence-electron chi connectivity index (χ1n) is 8.61. The minimum atomic E-state index is -0.647. The summed E-state index contributed by atoms with van der Waals surface area (Å²) in [5, 5.41) is 4.90. The van der Waals surface area contributed by atoms with Crippen LogP contribution < -0.4 is 5.32 Å². The fraction of sp³-hybridized carbons (Fsp3) is 0.368. The van der Waals surface area contributed by atoms with Crippen molar-refractivity contribution in [2.75, 3.05) is 19.8 Å². The number of hydrogen-bond acceptors (Lipinski definition) is 7. The molecule has 0 unspecified atom stereocenters. The predicted octanol–water partition coefficient (Wildman–Crippen LogP) is 2.73. The Morgan fingerprint density at radius 1 is 1.15 bits per heavy atom. The molecule has 0 bridgehead atoms. The molecule has 0 aliphatic rings. The molecule has 0 atom stereocenters. The van der Waals surface area contributed by atoms with Crippen LogP contribution in [0.15, 0.2) is 29.6 Å². The SMILES string of the molecule is CCOC(=O)CCCNC(=O)COC(=O)c1csc(-c2ccc(C)cc2)n1. The average molecular weight is 390 g/mol. The number of ether oxygens (including phenoxy) is 2.